The molecule has 4 rings (SSSR count). The largest absolute Gasteiger partial charge is 0.490 e. The number of aromatic amines is 1. The second-order valence-corrected chi connectivity index (χ2v) is 6.88. The molecule has 3 aromatic rings. The fourth-order valence-corrected chi connectivity index (χ4v) is 3.77. The van der Waals surface area contributed by atoms with Gasteiger partial charge in [-0.1, -0.05) is 6.07 Å². The first kappa shape index (κ1) is 18.7. The molecule has 1 unspecified atom stereocenters. The van der Waals surface area contributed by atoms with E-state index in [1.807, 2.05) is 0 Å². The average Bonchev–Trinajstić information content (AvgIpc) is 2.66. The number of aryl methyl sites for hydroxylation is 1. The summed E-state index contributed by atoms with van der Waals surface area (Å²) in [7, 11) is 1.36. The van der Waals surface area contributed by atoms with Crippen LogP contribution in [0.3, 0.4) is 0 Å². The van der Waals surface area contributed by atoms with Crippen LogP contribution in [0.4, 0.5) is 10.3 Å². The minimum absolute atomic E-state index is 0.0520. The normalized spacial score (nSPS) is 15.8. The first-order valence-corrected chi connectivity index (χ1v) is 8.96. The van der Waals surface area contributed by atoms with Crippen LogP contribution in [0.25, 0.3) is 11.4 Å². The predicted molar refractivity (Wildman–Crippen MR) is 103 cm³/mol. The number of ketones is 1. The highest BCUT2D eigenvalue weighted by Crippen LogP contribution is 2.37. The van der Waals surface area contributed by atoms with Gasteiger partial charge in [0.15, 0.2) is 5.78 Å². The molecule has 1 atom stereocenters. The minimum atomic E-state index is -0.479. The molecule has 148 valence electrons. The van der Waals surface area contributed by atoms with Gasteiger partial charge in [-0.2, -0.15) is 0 Å². The molecule has 0 bridgehead atoms. The Bertz CT molecular complexity index is 1190. The Hall–Kier alpha value is -3.62. The number of nitrogens with two attached hydrogens (primary N) is 1. The molecule has 0 aliphatic heterocycles. The van der Waals surface area contributed by atoms with Crippen LogP contribution in [0, 0.1) is 12.7 Å². The lowest BCUT2D eigenvalue weighted by Crippen LogP contribution is -2.23. The summed E-state index contributed by atoms with van der Waals surface area (Å²) < 4.78 is 18.9. The molecule has 0 spiro atoms. The number of ether oxygens (including phenoxy) is 1. The van der Waals surface area contributed by atoms with Crippen molar-refractivity contribution >= 4 is 11.7 Å². The summed E-state index contributed by atoms with van der Waals surface area (Å²) in [5.41, 5.74) is 7.99. The van der Waals surface area contributed by atoms with Gasteiger partial charge in [-0.15, -0.1) is 0 Å². The third kappa shape index (κ3) is 3.35. The molecule has 0 saturated heterocycles. The van der Waals surface area contributed by atoms with Crippen LogP contribution in [0.1, 0.15) is 39.6 Å². The maximum atomic E-state index is 14.0. The van der Waals surface area contributed by atoms with E-state index in [4.69, 9.17) is 10.5 Å². The Morgan fingerprint density at radius 3 is 2.76 bits per heavy atom. The lowest BCUT2D eigenvalue weighted by molar-refractivity contribution is 0.0962. The van der Waals surface area contributed by atoms with Crippen molar-refractivity contribution in [3.63, 3.8) is 0 Å². The molecule has 0 saturated carbocycles. The van der Waals surface area contributed by atoms with Crippen LogP contribution in [0.15, 0.2) is 29.2 Å². The molecule has 3 N–H and O–H groups in total. The predicted octanol–water partition coefficient (Wildman–Crippen LogP) is 2.18. The zero-order valence-electron chi connectivity index (χ0n) is 15.8. The molecule has 0 radical (unpaired) electrons. The fourth-order valence-electron chi connectivity index (χ4n) is 3.77. The SMILES string of the molecule is COc1cnc(-c2cc(F)ccc2C2CC(=O)c3c(C)nc(N)nc3C2)[nH]c1=O. The number of nitrogens with zero attached hydrogens (tertiary/aromatic N) is 3. The number of H-pyrrole nitrogens is 1. The van der Waals surface area contributed by atoms with Crippen molar-refractivity contribution in [2.24, 2.45) is 0 Å². The Balaban J connectivity index is 1.81. The van der Waals surface area contributed by atoms with Crippen molar-refractivity contribution in [3.05, 3.63) is 63.1 Å². The van der Waals surface area contributed by atoms with Crippen molar-refractivity contribution in [1.82, 2.24) is 19.9 Å². The molecule has 1 aliphatic rings. The van der Waals surface area contributed by atoms with Gasteiger partial charge >= 0.3 is 0 Å². The standard InChI is InChI=1S/C20H18FN5O3/c1-9-17-14(25-20(22)24-9)5-10(6-15(17)27)12-4-3-11(21)7-13(12)18-23-8-16(29-2)19(28)26-18/h3-4,7-8,10H,5-6H2,1-2H3,(H2,22,24,25)(H,23,26,28). The summed E-state index contributed by atoms with van der Waals surface area (Å²) in [6.07, 6.45) is 1.93. The second kappa shape index (κ2) is 7.08. The Morgan fingerprint density at radius 1 is 1.24 bits per heavy atom. The number of benzene rings is 1. The number of anilines is 1. The van der Waals surface area contributed by atoms with Crippen LogP contribution < -0.4 is 16.0 Å². The van der Waals surface area contributed by atoms with Gasteiger partial charge in [0.05, 0.1) is 30.3 Å². The number of carbonyl (C=O) groups excluding carboxylic acids is 1. The van der Waals surface area contributed by atoms with Crippen LogP contribution in [0.5, 0.6) is 5.75 Å². The van der Waals surface area contributed by atoms with Gasteiger partial charge in [0.2, 0.25) is 11.7 Å². The van der Waals surface area contributed by atoms with Crippen molar-refractivity contribution in [2.45, 2.75) is 25.7 Å². The van der Waals surface area contributed by atoms with Crippen molar-refractivity contribution in [2.75, 3.05) is 12.8 Å². The number of hydrogen-bond donors (Lipinski definition) is 2. The molecule has 2 heterocycles. The number of fused-ring (bicyclic) bond motifs is 1. The summed E-state index contributed by atoms with van der Waals surface area (Å²) in [6, 6.07) is 4.22. The zero-order chi connectivity index (χ0) is 20.7. The van der Waals surface area contributed by atoms with Gasteiger partial charge < -0.3 is 15.5 Å². The molecule has 9 heteroatoms. The summed E-state index contributed by atoms with van der Waals surface area (Å²) in [5, 5.41) is 0. The highest BCUT2D eigenvalue weighted by atomic mass is 19.1. The van der Waals surface area contributed by atoms with Gasteiger partial charge in [-0.3, -0.25) is 9.59 Å². The number of methoxy groups -OCH3 is 1. The van der Waals surface area contributed by atoms with E-state index in [0.29, 0.717) is 34.5 Å². The molecule has 29 heavy (non-hydrogen) atoms. The summed E-state index contributed by atoms with van der Waals surface area (Å²) in [5.74, 6) is -0.493. The second-order valence-electron chi connectivity index (χ2n) is 6.88. The topological polar surface area (TPSA) is 124 Å². The lowest BCUT2D eigenvalue weighted by Gasteiger charge is -2.25. The van der Waals surface area contributed by atoms with E-state index in [1.54, 1.807) is 13.0 Å². The van der Waals surface area contributed by atoms with E-state index in [1.165, 1.54) is 25.4 Å². The van der Waals surface area contributed by atoms with Gasteiger partial charge in [0.1, 0.15) is 11.6 Å². The molecule has 0 amide bonds. The molecule has 1 aliphatic carbocycles. The van der Waals surface area contributed by atoms with E-state index in [0.717, 1.165) is 0 Å². The Labute approximate surface area is 165 Å². The van der Waals surface area contributed by atoms with Crippen LogP contribution >= 0.6 is 0 Å². The molecule has 8 nitrogen and oxygen atoms in total. The number of Topliss-reactive ketones (excluding diaryl/α,β-unsaturated/α-hetero) is 1. The first-order chi connectivity index (χ1) is 13.9. The molecule has 2 aromatic heterocycles. The third-order valence-electron chi connectivity index (χ3n) is 5.03. The number of carbonyl (C=O) groups is 1. The first-order valence-electron chi connectivity index (χ1n) is 8.96. The maximum absolute atomic E-state index is 14.0. The number of aromatic nitrogens is 4. The van der Waals surface area contributed by atoms with Gasteiger partial charge in [-0.25, -0.2) is 19.3 Å². The summed E-state index contributed by atoms with van der Waals surface area (Å²) in [4.78, 5) is 40.0. The van der Waals surface area contributed by atoms with Gasteiger partial charge in [-0.05, 0) is 37.0 Å². The van der Waals surface area contributed by atoms with Crippen molar-refractivity contribution < 1.29 is 13.9 Å². The zero-order valence-corrected chi connectivity index (χ0v) is 15.8. The molecular weight excluding hydrogens is 377 g/mol. The number of rotatable bonds is 3. The number of hydrogen-bond acceptors (Lipinski definition) is 7. The number of halogens is 1. The minimum Gasteiger partial charge on any atom is -0.490 e. The van der Waals surface area contributed by atoms with Crippen LogP contribution in [-0.2, 0) is 6.42 Å². The van der Waals surface area contributed by atoms with Gasteiger partial charge in [0, 0.05) is 12.0 Å². The van der Waals surface area contributed by atoms with Crippen molar-refractivity contribution in [1.29, 1.82) is 0 Å². The summed E-state index contributed by atoms with van der Waals surface area (Å²) in [6.45, 7) is 1.73. The molecule has 1 aromatic carbocycles. The monoisotopic (exact) mass is 395 g/mol. The summed E-state index contributed by atoms with van der Waals surface area (Å²) >= 11 is 0. The molecule has 0 fully saturated rings. The van der Waals surface area contributed by atoms with Gasteiger partial charge in [0.25, 0.3) is 5.56 Å². The molecular formula is C20H18FN5O3. The van der Waals surface area contributed by atoms with Crippen LogP contribution in [-0.4, -0.2) is 32.8 Å². The van der Waals surface area contributed by atoms with E-state index < -0.39 is 11.4 Å². The van der Waals surface area contributed by atoms with Crippen LogP contribution in [0.2, 0.25) is 0 Å². The maximum Gasteiger partial charge on any atom is 0.293 e. The van der Waals surface area contributed by atoms with E-state index in [9.17, 15) is 14.0 Å². The average molecular weight is 395 g/mol. The quantitative estimate of drug-likeness (QED) is 0.696. The number of nitrogens with one attached hydrogen (secondary N) is 1. The Morgan fingerprint density at radius 2 is 2.03 bits per heavy atom. The smallest absolute Gasteiger partial charge is 0.293 e. The van der Waals surface area contributed by atoms with E-state index in [2.05, 4.69) is 19.9 Å². The lowest BCUT2D eigenvalue weighted by atomic mass is 9.79. The van der Waals surface area contributed by atoms with E-state index >= 15 is 0 Å². The highest BCUT2D eigenvalue weighted by Gasteiger charge is 2.31. The van der Waals surface area contributed by atoms with E-state index in [-0.39, 0.29) is 35.6 Å². The highest BCUT2D eigenvalue weighted by molar-refractivity contribution is 6.00. The van der Waals surface area contributed by atoms with Crippen molar-refractivity contribution in [3.8, 4) is 17.1 Å². The Kier molecular flexibility index (Phi) is 4.57. The third-order valence-corrected chi connectivity index (χ3v) is 5.03. The fraction of sp³-hybridized carbons (Fsp3) is 0.250. The number of nitrogen functional groups attached to an aromatic ring is 1.